The van der Waals surface area contributed by atoms with Gasteiger partial charge < -0.3 is 4.74 Å². The number of hydrogen-bond acceptors (Lipinski definition) is 3. The van der Waals surface area contributed by atoms with Crippen LogP contribution in [-0.4, -0.2) is 17.1 Å². The van der Waals surface area contributed by atoms with Crippen molar-refractivity contribution >= 4 is 34.2 Å². The predicted octanol–water partition coefficient (Wildman–Crippen LogP) is 4.63. The van der Waals surface area contributed by atoms with Crippen LogP contribution in [0.4, 0.5) is 0 Å². The molecule has 0 aliphatic carbocycles. The van der Waals surface area contributed by atoms with E-state index in [1.165, 1.54) is 0 Å². The fraction of sp³-hybridized carbons (Fsp3) is 0.375. The molecule has 3 nitrogen and oxygen atoms in total. The number of rotatable bonds is 3. The molecule has 1 aromatic heterocycles. The molecule has 0 unspecified atom stereocenters. The summed E-state index contributed by atoms with van der Waals surface area (Å²) < 4.78 is 6.10. The van der Waals surface area contributed by atoms with E-state index in [1.54, 1.807) is 7.11 Å². The predicted molar refractivity (Wildman–Crippen MR) is 94.3 cm³/mol. The first kappa shape index (κ1) is 16.5. The first-order valence-corrected chi connectivity index (χ1v) is 8.12. The van der Waals surface area contributed by atoms with E-state index in [2.05, 4.69) is 48.3 Å². The van der Waals surface area contributed by atoms with Gasteiger partial charge in [-0.1, -0.05) is 44.5 Å². The topological polar surface area (TPSA) is 35.0 Å². The number of ether oxygens (including phenoxy) is 1. The van der Waals surface area contributed by atoms with Crippen LogP contribution in [0.1, 0.15) is 37.9 Å². The van der Waals surface area contributed by atoms with Crippen molar-refractivity contribution in [1.82, 2.24) is 9.97 Å². The van der Waals surface area contributed by atoms with Crippen LogP contribution in [0.25, 0.3) is 0 Å². The first-order valence-electron chi connectivity index (χ1n) is 6.66. The molecule has 0 radical (unpaired) electrons. The van der Waals surface area contributed by atoms with E-state index in [0.717, 1.165) is 26.4 Å². The Morgan fingerprint density at radius 2 is 1.76 bits per heavy atom. The Labute approximate surface area is 144 Å². The molecule has 21 heavy (non-hydrogen) atoms. The molecule has 1 heterocycles. The van der Waals surface area contributed by atoms with Crippen molar-refractivity contribution in [1.29, 1.82) is 0 Å². The Morgan fingerprint density at radius 3 is 2.29 bits per heavy atom. The number of aromatic nitrogens is 2. The molecule has 2 rings (SSSR count). The number of nitrogens with zero attached hydrogens (tertiary/aromatic N) is 2. The molecule has 112 valence electrons. The average molecular weight is 417 g/mol. The minimum atomic E-state index is -0.0578. The third-order valence-electron chi connectivity index (χ3n) is 3.09. The van der Waals surface area contributed by atoms with Gasteiger partial charge >= 0.3 is 0 Å². The highest BCUT2D eigenvalue weighted by Crippen LogP contribution is 2.29. The molecule has 0 saturated carbocycles. The molecular weight excluding hydrogens is 399 g/mol. The lowest BCUT2D eigenvalue weighted by molar-refractivity contribution is 0.414. The van der Waals surface area contributed by atoms with Gasteiger partial charge in [-0.2, -0.15) is 0 Å². The summed E-state index contributed by atoms with van der Waals surface area (Å²) in [6, 6.07) is 7.91. The van der Waals surface area contributed by atoms with Crippen molar-refractivity contribution in [2.24, 2.45) is 0 Å². The molecule has 5 heteroatoms. The van der Waals surface area contributed by atoms with Crippen molar-refractivity contribution in [3.8, 4) is 5.75 Å². The van der Waals surface area contributed by atoms with Gasteiger partial charge in [-0.25, -0.2) is 9.97 Å². The number of halogens is 2. The second-order valence-electron chi connectivity index (χ2n) is 5.87. The monoisotopic (exact) mass is 416 g/mol. The lowest BCUT2D eigenvalue weighted by Gasteiger charge is -2.20. The van der Waals surface area contributed by atoms with E-state index >= 15 is 0 Å². The number of benzene rings is 1. The molecule has 0 fully saturated rings. The minimum Gasteiger partial charge on any atom is -0.497 e. The van der Waals surface area contributed by atoms with Crippen molar-refractivity contribution in [3.05, 3.63) is 50.1 Å². The van der Waals surface area contributed by atoms with Crippen LogP contribution in [0, 0.1) is 3.57 Å². The van der Waals surface area contributed by atoms with Gasteiger partial charge in [0.2, 0.25) is 0 Å². The zero-order chi connectivity index (χ0) is 15.6. The van der Waals surface area contributed by atoms with E-state index in [0.29, 0.717) is 11.6 Å². The van der Waals surface area contributed by atoms with Crippen LogP contribution in [0.5, 0.6) is 5.75 Å². The van der Waals surface area contributed by atoms with Gasteiger partial charge in [0, 0.05) is 11.8 Å². The molecule has 0 bridgehead atoms. The SMILES string of the molecule is COc1ccc(Cc2nc(Cl)c(I)c(C(C)(C)C)n2)cc1. The summed E-state index contributed by atoms with van der Waals surface area (Å²) in [5, 5.41) is 0.527. The van der Waals surface area contributed by atoms with E-state index in [9.17, 15) is 0 Å². The number of hydrogen-bond donors (Lipinski definition) is 0. The van der Waals surface area contributed by atoms with E-state index in [1.807, 2.05) is 24.3 Å². The summed E-state index contributed by atoms with van der Waals surface area (Å²) in [6.07, 6.45) is 0.656. The van der Waals surface area contributed by atoms with E-state index in [4.69, 9.17) is 21.3 Å². The van der Waals surface area contributed by atoms with Gasteiger partial charge in [0.1, 0.15) is 16.7 Å². The summed E-state index contributed by atoms with van der Waals surface area (Å²) >= 11 is 8.47. The van der Waals surface area contributed by atoms with Crippen LogP contribution in [-0.2, 0) is 11.8 Å². The highest BCUT2D eigenvalue weighted by atomic mass is 127. The quantitative estimate of drug-likeness (QED) is 0.540. The van der Waals surface area contributed by atoms with Crippen molar-refractivity contribution in [3.63, 3.8) is 0 Å². The van der Waals surface area contributed by atoms with Gasteiger partial charge in [0.15, 0.2) is 0 Å². The van der Waals surface area contributed by atoms with Crippen molar-refractivity contribution < 1.29 is 4.74 Å². The van der Waals surface area contributed by atoms with Gasteiger partial charge in [0.05, 0.1) is 16.4 Å². The summed E-state index contributed by atoms with van der Waals surface area (Å²) in [6.45, 7) is 6.39. The maximum Gasteiger partial charge on any atom is 0.146 e. The average Bonchev–Trinajstić information content (AvgIpc) is 2.42. The smallest absolute Gasteiger partial charge is 0.146 e. The summed E-state index contributed by atoms with van der Waals surface area (Å²) in [7, 11) is 1.66. The lowest BCUT2D eigenvalue weighted by Crippen LogP contribution is -2.18. The first-order chi connectivity index (χ1) is 9.81. The standard InChI is InChI=1S/C16H18ClIN2O/c1-16(2,3)14-13(18)15(17)20-12(19-14)9-10-5-7-11(21-4)8-6-10/h5-8H,9H2,1-4H3. The molecule has 0 aliphatic rings. The molecular formula is C16H18ClIN2O. The molecule has 0 aliphatic heterocycles. The third kappa shape index (κ3) is 4.07. The van der Waals surface area contributed by atoms with Crippen LogP contribution in [0.2, 0.25) is 5.15 Å². The fourth-order valence-electron chi connectivity index (χ4n) is 1.97. The maximum atomic E-state index is 6.26. The molecule has 0 spiro atoms. The molecule has 0 saturated heterocycles. The summed E-state index contributed by atoms with van der Waals surface area (Å²) in [5.74, 6) is 1.59. The van der Waals surface area contributed by atoms with Gasteiger partial charge in [-0.3, -0.25) is 0 Å². The Kier molecular flexibility index (Phi) is 5.09. The van der Waals surface area contributed by atoms with Crippen LogP contribution in [0.15, 0.2) is 24.3 Å². The Hall–Kier alpha value is -0.880. The van der Waals surface area contributed by atoms with Gasteiger partial charge in [0.25, 0.3) is 0 Å². The van der Waals surface area contributed by atoms with Gasteiger partial charge in [-0.15, -0.1) is 0 Å². The van der Waals surface area contributed by atoms with Crippen LogP contribution >= 0.6 is 34.2 Å². The Balaban J connectivity index is 2.33. The third-order valence-corrected chi connectivity index (χ3v) is 4.70. The highest BCUT2D eigenvalue weighted by Gasteiger charge is 2.22. The number of methoxy groups -OCH3 is 1. The Morgan fingerprint density at radius 1 is 1.14 bits per heavy atom. The summed E-state index contributed by atoms with van der Waals surface area (Å²) in [4.78, 5) is 9.11. The maximum absolute atomic E-state index is 6.26. The molecule has 0 atom stereocenters. The highest BCUT2D eigenvalue weighted by molar-refractivity contribution is 14.1. The molecule has 2 aromatic rings. The fourth-order valence-corrected chi connectivity index (χ4v) is 3.20. The molecule has 0 N–H and O–H groups in total. The zero-order valence-corrected chi connectivity index (χ0v) is 15.5. The van der Waals surface area contributed by atoms with Crippen LogP contribution < -0.4 is 4.74 Å². The normalized spacial score (nSPS) is 11.5. The second kappa shape index (κ2) is 6.48. The van der Waals surface area contributed by atoms with Crippen molar-refractivity contribution in [2.75, 3.05) is 7.11 Å². The minimum absolute atomic E-state index is 0.0578. The molecule has 1 aromatic carbocycles. The van der Waals surface area contributed by atoms with E-state index < -0.39 is 0 Å². The second-order valence-corrected chi connectivity index (χ2v) is 7.30. The molecule has 0 amide bonds. The Bertz CT molecular complexity index is 636. The van der Waals surface area contributed by atoms with Crippen molar-refractivity contribution in [2.45, 2.75) is 32.6 Å². The van der Waals surface area contributed by atoms with Crippen LogP contribution in [0.3, 0.4) is 0 Å². The summed E-state index contributed by atoms with van der Waals surface area (Å²) in [5.41, 5.74) is 2.07. The largest absolute Gasteiger partial charge is 0.497 e. The lowest BCUT2D eigenvalue weighted by atomic mass is 9.92. The van der Waals surface area contributed by atoms with Gasteiger partial charge in [-0.05, 0) is 40.3 Å². The zero-order valence-electron chi connectivity index (χ0n) is 12.6. The van der Waals surface area contributed by atoms with E-state index in [-0.39, 0.29) is 5.41 Å².